The van der Waals surface area contributed by atoms with Crippen molar-refractivity contribution in [3.8, 4) is 44.5 Å². The van der Waals surface area contributed by atoms with Crippen LogP contribution in [0.5, 0.6) is 0 Å². The molecule has 2 aliphatic rings. The van der Waals surface area contributed by atoms with Crippen molar-refractivity contribution in [2.75, 3.05) is 4.90 Å². The van der Waals surface area contributed by atoms with E-state index in [0.717, 1.165) is 17.1 Å². The van der Waals surface area contributed by atoms with Gasteiger partial charge < -0.3 is 4.90 Å². The number of nitrogens with zero attached hydrogens (tertiary/aromatic N) is 1. The third-order valence-corrected chi connectivity index (χ3v) is 14.8. The first-order valence-corrected chi connectivity index (χ1v) is 24.0. The minimum absolute atomic E-state index is 0.431. The number of anilines is 3. The maximum Gasteiger partial charge on any atom is 0.0714 e. The van der Waals surface area contributed by atoms with Crippen molar-refractivity contribution in [2.24, 2.45) is 0 Å². The third-order valence-electron chi connectivity index (χ3n) is 14.8. The largest absolute Gasteiger partial charge is 0.310 e. The number of benzene rings is 11. The molecule has 0 heterocycles. The van der Waals surface area contributed by atoms with Crippen LogP contribution < -0.4 is 4.90 Å². The van der Waals surface area contributed by atoms with Crippen LogP contribution in [0.25, 0.3) is 44.5 Å². The summed E-state index contributed by atoms with van der Waals surface area (Å²) in [5.74, 6) is 0. The molecule has 0 N–H and O–H groups in total. The van der Waals surface area contributed by atoms with Gasteiger partial charge in [-0.3, -0.25) is 0 Å². The minimum atomic E-state index is -0.524. The number of fused-ring (bicyclic) bond motifs is 6. The van der Waals surface area contributed by atoms with E-state index >= 15 is 0 Å². The van der Waals surface area contributed by atoms with E-state index < -0.39 is 10.8 Å². The van der Waals surface area contributed by atoms with Crippen molar-refractivity contribution in [2.45, 2.75) is 10.8 Å². The van der Waals surface area contributed by atoms with Crippen LogP contribution in [0.15, 0.2) is 285 Å². The third kappa shape index (κ3) is 6.24. The SMILES string of the molecule is c1ccc(-c2ccccc2N(c2ccc(-c3ccc4c(c3)-c3ccccc3C4(c3ccccc3)c3ccccc3)cc2)c2ccc3c(c2)C(c2ccccc2)(c2ccccc2)c2ccccc2-3)cc1. The standard InChI is InChI=1S/C68H47N/c1-6-22-49(23-7-1)57-32-18-21-37-66(57)69(56-43-44-60-58-33-16-19-35-62(58)68(65(60)47-56,53-28-12-4-13-29-53)54-30-14-5-15-31-54)55-41-38-48(39-42-55)50-40-45-64-61(46-50)59-34-17-20-36-63(59)67(64,51-24-8-2-9-25-51)52-26-10-3-11-27-52/h1-47H. The van der Waals surface area contributed by atoms with E-state index in [1.807, 2.05) is 0 Å². The van der Waals surface area contributed by atoms with Gasteiger partial charge >= 0.3 is 0 Å². The van der Waals surface area contributed by atoms with E-state index in [2.05, 4.69) is 290 Å². The first-order valence-electron chi connectivity index (χ1n) is 24.0. The molecule has 0 unspecified atom stereocenters. The van der Waals surface area contributed by atoms with Crippen molar-refractivity contribution < 1.29 is 0 Å². The quantitative estimate of drug-likeness (QED) is 0.140. The average molecular weight is 878 g/mol. The van der Waals surface area contributed by atoms with Gasteiger partial charge in [-0.1, -0.05) is 249 Å². The monoisotopic (exact) mass is 877 g/mol. The Hall–Kier alpha value is -8.78. The lowest BCUT2D eigenvalue weighted by Gasteiger charge is -2.35. The molecule has 0 spiro atoms. The molecular formula is C68H47N. The molecule has 0 amide bonds. The van der Waals surface area contributed by atoms with Crippen LogP contribution in [0.4, 0.5) is 17.1 Å². The predicted molar refractivity (Wildman–Crippen MR) is 287 cm³/mol. The number of rotatable bonds is 9. The summed E-state index contributed by atoms with van der Waals surface area (Å²) < 4.78 is 0. The molecule has 0 aromatic heterocycles. The lowest BCUT2D eigenvalue weighted by atomic mass is 9.67. The van der Waals surface area contributed by atoms with Crippen molar-refractivity contribution >= 4 is 17.1 Å². The first-order chi connectivity index (χ1) is 34.2. The van der Waals surface area contributed by atoms with E-state index in [9.17, 15) is 0 Å². The van der Waals surface area contributed by atoms with Gasteiger partial charge in [-0.15, -0.1) is 0 Å². The molecule has 69 heavy (non-hydrogen) atoms. The van der Waals surface area contributed by atoms with Crippen LogP contribution in [0, 0.1) is 0 Å². The van der Waals surface area contributed by atoms with Crippen molar-refractivity contribution in [1.82, 2.24) is 0 Å². The van der Waals surface area contributed by atoms with Crippen LogP contribution in [-0.4, -0.2) is 0 Å². The summed E-state index contributed by atoms with van der Waals surface area (Å²) in [4.78, 5) is 2.46. The summed E-state index contributed by atoms with van der Waals surface area (Å²) in [6, 6.07) is 105. The van der Waals surface area contributed by atoms with E-state index in [1.54, 1.807) is 0 Å². The van der Waals surface area contributed by atoms with Gasteiger partial charge in [0.05, 0.1) is 16.5 Å². The van der Waals surface area contributed by atoms with Gasteiger partial charge in [-0.2, -0.15) is 0 Å². The zero-order valence-corrected chi connectivity index (χ0v) is 38.1. The highest BCUT2D eigenvalue weighted by Crippen LogP contribution is 2.59. The Labute approximate surface area is 404 Å². The van der Waals surface area contributed by atoms with Crippen LogP contribution in [0.2, 0.25) is 0 Å². The Bertz CT molecular complexity index is 3560. The minimum Gasteiger partial charge on any atom is -0.310 e. The predicted octanol–water partition coefficient (Wildman–Crippen LogP) is 17.2. The van der Waals surface area contributed by atoms with Gasteiger partial charge in [0.25, 0.3) is 0 Å². The van der Waals surface area contributed by atoms with Gasteiger partial charge in [-0.25, -0.2) is 0 Å². The Morgan fingerprint density at radius 2 is 0.609 bits per heavy atom. The van der Waals surface area contributed by atoms with Crippen LogP contribution >= 0.6 is 0 Å². The summed E-state index contributed by atoms with van der Waals surface area (Å²) in [6.07, 6.45) is 0. The van der Waals surface area contributed by atoms with E-state index in [0.29, 0.717) is 0 Å². The topological polar surface area (TPSA) is 3.24 Å². The molecule has 0 aliphatic heterocycles. The van der Waals surface area contributed by atoms with E-state index in [-0.39, 0.29) is 0 Å². The maximum atomic E-state index is 2.47. The fourth-order valence-corrected chi connectivity index (χ4v) is 12.0. The summed E-state index contributed by atoms with van der Waals surface area (Å²) >= 11 is 0. The normalized spacial score (nSPS) is 13.4. The molecule has 0 fully saturated rings. The highest BCUT2D eigenvalue weighted by Gasteiger charge is 2.47. The second-order valence-corrected chi connectivity index (χ2v) is 18.3. The Kier molecular flexibility index (Phi) is 9.70. The molecule has 0 atom stereocenters. The van der Waals surface area contributed by atoms with Crippen molar-refractivity contribution in [3.05, 3.63) is 330 Å². The molecule has 2 aliphatic carbocycles. The average Bonchev–Trinajstić information content (AvgIpc) is 3.90. The zero-order valence-electron chi connectivity index (χ0n) is 38.1. The summed E-state index contributed by atoms with van der Waals surface area (Å²) in [7, 11) is 0. The van der Waals surface area contributed by atoms with Gasteiger partial charge in [0.15, 0.2) is 0 Å². The molecule has 0 saturated heterocycles. The van der Waals surface area contributed by atoms with Crippen LogP contribution in [0.1, 0.15) is 44.5 Å². The van der Waals surface area contributed by atoms with Crippen molar-refractivity contribution in [3.63, 3.8) is 0 Å². The highest BCUT2D eigenvalue weighted by atomic mass is 15.1. The summed E-state index contributed by atoms with van der Waals surface area (Å²) in [5, 5.41) is 0. The van der Waals surface area contributed by atoms with Gasteiger partial charge in [0.1, 0.15) is 0 Å². The molecule has 0 saturated carbocycles. The second-order valence-electron chi connectivity index (χ2n) is 18.3. The smallest absolute Gasteiger partial charge is 0.0714 e. The maximum absolute atomic E-state index is 2.47. The molecule has 11 aromatic rings. The van der Waals surface area contributed by atoms with E-state index in [4.69, 9.17) is 0 Å². The van der Waals surface area contributed by atoms with Gasteiger partial charge in [-0.05, 0) is 120 Å². The molecule has 0 bridgehead atoms. The van der Waals surface area contributed by atoms with Crippen LogP contribution in [0.3, 0.4) is 0 Å². The molecular weight excluding hydrogens is 831 g/mol. The molecule has 324 valence electrons. The van der Waals surface area contributed by atoms with Gasteiger partial charge in [0, 0.05) is 16.9 Å². The lowest BCUT2D eigenvalue weighted by Crippen LogP contribution is -2.28. The Morgan fingerprint density at radius 3 is 1.16 bits per heavy atom. The Balaban J connectivity index is 0.984. The fourth-order valence-electron chi connectivity index (χ4n) is 12.0. The number of hydrogen-bond donors (Lipinski definition) is 0. The second kappa shape index (κ2) is 16.5. The molecule has 11 aromatic carbocycles. The van der Waals surface area contributed by atoms with Gasteiger partial charge in [0.2, 0.25) is 0 Å². The summed E-state index contributed by atoms with van der Waals surface area (Å²) in [5.41, 5.74) is 22.4. The van der Waals surface area contributed by atoms with Crippen LogP contribution in [-0.2, 0) is 10.8 Å². The molecule has 13 rings (SSSR count). The molecule has 0 radical (unpaired) electrons. The lowest BCUT2D eigenvalue weighted by molar-refractivity contribution is 0.768. The van der Waals surface area contributed by atoms with E-state index in [1.165, 1.54) is 89.0 Å². The number of hydrogen-bond acceptors (Lipinski definition) is 1. The molecule has 1 nitrogen and oxygen atoms in total. The fraction of sp³-hybridized carbons (Fsp3) is 0.0294. The Morgan fingerprint density at radius 1 is 0.217 bits per heavy atom. The number of para-hydroxylation sites is 1. The highest BCUT2D eigenvalue weighted by molar-refractivity contribution is 5.93. The molecule has 1 heteroatoms. The zero-order chi connectivity index (χ0) is 45.8. The summed E-state index contributed by atoms with van der Waals surface area (Å²) in [6.45, 7) is 0. The van der Waals surface area contributed by atoms with Crippen molar-refractivity contribution in [1.29, 1.82) is 0 Å². The first kappa shape index (κ1) is 40.5.